The van der Waals surface area contributed by atoms with Crippen LogP contribution in [0.15, 0.2) is 18.2 Å². The lowest BCUT2D eigenvalue weighted by atomic mass is 9.90. The number of nitrogens with two attached hydrogens (primary N) is 1. The summed E-state index contributed by atoms with van der Waals surface area (Å²) in [5.74, 6) is -0.342. The van der Waals surface area contributed by atoms with Crippen molar-refractivity contribution < 1.29 is 14.5 Å². The molecular formula is C12H14ClN3O4. The average Bonchev–Trinajstić information content (AvgIpc) is 2.39. The first kappa shape index (κ1) is 14.7. The zero-order valence-electron chi connectivity index (χ0n) is 10.6. The topological polar surface area (TPSA) is 107 Å². The summed E-state index contributed by atoms with van der Waals surface area (Å²) < 4.78 is 5.17. The summed E-state index contributed by atoms with van der Waals surface area (Å²) in [5.41, 5.74) is 5.22. The Labute approximate surface area is 120 Å². The van der Waals surface area contributed by atoms with Crippen LogP contribution in [0.5, 0.6) is 0 Å². The first-order valence-electron chi connectivity index (χ1n) is 6.04. The van der Waals surface area contributed by atoms with Crippen LogP contribution in [0.4, 0.5) is 11.4 Å². The van der Waals surface area contributed by atoms with Gasteiger partial charge in [-0.1, -0.05) is 11.6 Å². The van der Waals surface area contributed by atoms with Gasteiger partial charge in [0.15, 0.2) is 0 Å². The van der Waals surface area contributed by atoms with Gasteiger partial charge in [-0.25, -0.2) is 0 Å². The van der Waals surface area contributed by atoms with Crippen molar-refractivity contribution >= 4 is 28.9 Å². The van der Waals surface area contributed by atoms with E-state index in [-0.39, 0.29) is 16.6 Å². The van der Waals surface area contributed by atoms with Gasteiger partial charge < -0.3 is 15.8 Å². The number of hydrogen-bond acceptors (Lipinski definition) is 5. The first-order chi connectivity index (χ1) is 9.42. The van der Waals surface area contributed by atoms with Gasteiger partial charge >= 0.3 is 0 Å². The molecule has 2 rings (SSSR count). The normalized spacial score (nSPS) is 17.5. The Bertz CT molecular complexity index is 544. The second kappa shape index (κ2) is 5.74. The van der Waals surface area contributed by atoms with E-state index in [4.69, 9.17) is 22.1 Å². The van der Waals surface area contributed by atoms with Crippen LogP contribution in [0.3, 0.4) is 0 Å². The fraction of sp³-hybridized carbons (Fsp3) is 0.417. The standard InChI is InChI=1S/C12H14ClN3O4/c13-9-7-8(1-2-10(9)16(18)19)15-11(17)12(14)3-5-20-6-4-12/h1-2,7H,3-6,14H2,(H,15,17). The van der Waals surface area contributed by atoms with Crippen LogP contribution in [0, 0.1) is 10.1 Å². The molecule has 1 fully saturated rings. The summed E-state index contributed by atoms with van der Waals surface area (Å²) in [6.07, 6.45) is 0.860. The maximum Gasteiger partial charge on any atom is 0.288 e. The van der Waals surface area contributed by atoms with Crippen LogP contribution in [0.25, 0.3) is 0 Å². The Balaban J connectivity index is 2.12. The molecule has 3 N–H and O–H groups in total. The van der Waals surface area contributed by atoms with Crippen molar-refractivity contribution in [1.82, 2.24) is 0 Å². The number of ether oxygens (including phenoxy) is 1. The number of amides is 1. The highest BCUT2D eigenvalue weighted by Crippen LogP contribution is 2.28. The van der Waals surface area contributed by atoms with E-state index in [0.29, 0.717) is 31.7 Å². The number of nitro groups is 1. The summed E-state index contributed by atoms with van der Waals surface area (Å²) >= 11 is 5.78. The number of anilines is 1. The highest BCUT2D eigenvalue weighted by atomic mass is 35.5. The molecule has 0 atom stereocenters. The Morgan fingerprint density at radius 1 is 1.45 bits per heavy atom. The SMILES string of the molecule is NC1(C(=O)Nc2ccc([N+](=O)[O-])c(Cl)c2)CCOCC1. The van der Waals surface area contributed by atoms with Gasteiger partial charge in [0.2, 0.25) is 5.91 Å². The van der Waals surface area contributed by atoms with E-state index >= 15 is 0 Å². The smallest absolute Gasteiger partial charge is 0.288 e. The lowest BCUT2D eigenvalue weighted by Crippen LogP contribution is -2.54. The van der Waals surface area contributed by atoms with Gasteiger partial charge in [-0.15, -0.1) is 0 Å². The number of carbonyl (C=O) groups is 1. The highest BCUT2D eigenvalue weighted by Gasteiger charge is 2.36. The Kier molecular flexibility index (Phi) is 4.22. The van der Waals surface area contributed by atoms with Crippen LogP contribution in [0.2, 0.25) is 5.02 Å². The predicted octanol–water partition coefficient (Wildman–Crippen LogP) is 1.69. The number of rotatable bonds is 3. The molecule has 1 amide bonds. The fourth-order valence-electron chi connectivity index (χ4n) is 1.95. The quantitative estimate of drug-likeness (QED) is 0.652. The molecule has 1 aliphatic rings. The molecule has 1 aromatic carbocycles. The van der Waals surface area contributed by atoms with Crippen LogP contribution >= 0.6 is 11.6 Å². The van der Waals surface area contributed by atoms with Gasteiger partial charge in [-0.2, -0.15) is 0 Å². The molecule has 0 unspecified atom stereocenters. The lowest BCUT2D eigenvalue weighted by molar-refractivity contribution is -0.384. The molecule has 8 heteroatoms. The molecule has 108 valence electrons. The summed E-state index contributed by atoms with van der Waals surface area (Å²) in [6, 6.07) is 4.00. The zero-order chi connectivity index (χ0) is 14.8. The van der Waals surface area contributed by atoms with E-state index in [2.05, 4.69) is 5.32 Å². The van der Waals surface area contributed by atoms with Crippen molar-refractivity contribution in [2.75, 3.05) is 18.5 Å². The highest BCUT2D eigenvalue weighted by molar-refractivity contribution is 6.33. The van der Waals surface area contributed by atoms with Crippen molar-refractivity contribution in [2.45, 2.75) is 18.4 Å². The summed E-state index contributed by atoms with van der Waals surface area (Å²) in [5, 5.41) is 13.2. The van der Waals surface area contributed by atoms with Crippen LogP contribution in [-0.2, 0) is 9.53 Å². The van der Waals surface area contributed by atoms with E-state index in [9.17, 15) is 14.9 Å². The average molecular weight is 300 g/mol. The number of benzene rings is 1. The molecular weight excluding hydrogens is 286 g/mol. The van der Waals surface area contributed by atoms with Gasteiger partial charge in [-0.05, 0) is 25.0 Å². The molecule has 7 nitrogen and oxygen atoms in total. The first-order valence-corrected chi connectivity index (χ1v) is 6.42. The van der Waals surface area contributed by atoms with Crippen LogP contribution in [-0.4, -0.2) is 29.6 Å². The molecule has 0 saturated carbocycles. The van der Waals surface area contributed by atoms with Crippen LogP contribution < -0.4 is 11.1 Å². The van der Waals surface area contributed by atoms with Gasteiger partial charge in [0.1, 0.15) is 10.6 Å². The van der Waals surface area contributed by atoms with Crippen molar-refractivity contribution in [3.05, 3.63) is 33.3 Å². The summed E-state index contributed by atoms with van der Waals surface area (Å²) in [7, 11) is 0. The molecule has 1 aromatic rings. The van der Waals surface area contributed by atoms with E-state index < -0.39 is 10.5 Å². The molecule has 20 heavy (non-hydrogen) atoms. The van der Waals surface area contributed by atoms with E-state index in [0.717, 1.165) is 0 Å². The number of halogens is 1. The monoisotopic (exact) mass is 299 g/mol. The Morgan fingerprint density at radius 3 is 2.65 bits per heavy atom. The van der Waals surface area contributed by atoms with Gasteiger partial charge in [0.25, 0.3) is 5.69 Å². The van der Waals surface area contributed by atoms with E-state index in [1.54, 1.807) is 0 Å². The number of carbonyl (C=O) groups excluding carboxylic acids is 1. The number of nitro benzene ring substituents is 1. The zero-order valence-corrected chi connectivity index (χ0v) is 11.4. The summed E-state index contributed by atoms with van der Waals surface area (Å²) in [4.78, 5) is 22.2. The van der Waals surface area contributed by atoms with Gasteiger partial charge in [-0.3, -0.25) is 14.9 Å². The Hall–Kier alpha value is -1.70. The van der Waals surface area contributed by atoms with Crippen molar-refractivity contribution in [3.8, 4) is 0 Å². The third-order valence-electron chi connectivity index (χ3n) is 3.24. The maximum atomic E-state index is 12.2. The number of hydrogen-bond donors (Lipinski definition) is 2. The molecule has 1 aliphatic heterocycles. The molecule has 1 saturated heterocycles. The maximum absolute atomic E-state index is 12.2. The van der Waals surface area contributed by atoms with Crippen LogP contribution in [0.1, 0.15) is 12.8 Å². The molecule has 0 radical (unpaired) electrons. The molecule has 0 bridgehead atoms. The van der Waals surface area contributed by atoms with Gasteiger partial charge in [0, 0.05) is 25.0 Å². The Morgan fingerprint density at radius 2 is 2.10 bits per heavy atom. The van der Waals surface area contributed by atoms with E-state index in [1.807, 2.05) is 0 Å². The lowest BCUT2D eigenvalue weighted by Gasteiger charge is -2.31. The van der Waals surface area contributed by atoms with Crippen molar-refractivity contribution in [3.63, 3.8) is 0 Å². The van der Waals surface area contributed by atoms with Gasteiger partial charge in [0.05, 0.1) is 4.92 Å². The minimum Gasteiger partial charge on any atom is -0.381 e. The minimum absolute atomic E-state index is 0.0363. The third-order valence-corrected chi connectivity index (χ3v) is 3.54. The third kappa shape index (κ3) is 3.06. The van der Waals surface area contributed by atoms with E-state index in [1.165, 1.54) is 18.2 Å². The predicted molar refractivity (Wildman–Crippen MR) is 73.7 cm³/mol. The molecule has 0 aliphatic carbocycles. The second-order valence-corrected chi connectivity index (χ2v) is 5.05. The molecule has 0 aromatic heterocycles. The summed E-state index contributed by atoms with van der Waals surface area (Å²) in [6.45, 7) is 0.871. The van der Waals surface area contributed by atoms with Crippen molar-refractivity contribution in [1.29, 1.82) is 0 Å². The largest absolute Gasteiger partial charge is 0.381 e. The molecule has 1 heterocycles. The molecule has 0 spiro atoms. The minimum atomic E-state index is -0.980. The fourth-order valence-corrected chi connectivity index (χ4v) is 2.20. The number of nitrogens with one attached hydrogen (secondary N) is 1. The number of nitrogens with zero attached hydrogens (tertiary/aromatic N) is 1. The second-order valence-electron chi connectivity index (χ2n) is 4.65. The van der Waals surface area contributed by atoms with Crippen molar-refractivity contribution in [2.24, 2.45) is 5.73 Å².